The molecule has 2 rings (SSSR count). The fourth-order valence-electron chi connectivity index (χ4n) is 2.04. The van der Waals surface area contributed by atoms with E-state index in [0.717, 1.165) is 39.2 Å². The molecule has 0 aromatic carbocycles. The van der Waals surface area contributed by atoms with Crippen LogP contribution in [0.4, 0.5) is 0 Å². The van der Waals surface area contributed by atoms with Gasteiger partial charge in [-0.25, -0.2) is 4.57 Å². The van der Waals surface area contributed by atoms with Crippen molar-refractivity contribution >= 4 is 0 Å². The normalized spacial score (nSPS) is 20.9. The standard InChI is InChI=1S/C13H20NO2/c1-2-12-5-3-4-7-14(12)8-6-13-11-15-9-10-16-13/h3-5,7,13H,2,6,8-11H2,1H3/q+1. The van der Waals surface area contributed by atoms with Gasteiger partial charge in [0.15, 0.2) is 18.4 Å². The van der Waals surface area contributed by atoms with Crippen LogP contribution in [0.15, 0.2) is 24.4 Å². The highest BCUT2D eigenvalue weighted by atomic mass is 16.6. The fraction of sp³-hybridized carbons (Fsp3) is 0.615. The average molecular weight is 222 g/mol. The van der Waals surface area contributed by atoms with E-state index in [2.05, 4.69) is 35.9 Å². The summed E-state index contributed by atoms with van der Waals surface area (Å²) in [5.41, 5.74) is 1.37. The molecule has 1 atom stereocenters. The topological polar surface area (TPSA) is 22.3 Å². The summed E-state index contributed by atoms with van der Waals surface area (Å²) in [6, 6.07) is 6.35. The van der Waals surface area contributed by atoms with Gasteiger partial charge in [0.1, 0.15) is 0 Å². The molecule has 3 heteroatoms. The van der Waals surface area contributed by atoms with Gasteiger partial charge in [-0.05, 0) is 0 Å². The third kappa shape index (κ3) is 3.03. The molecule has 1 aromatic rings. The molecule has 2 heterocycles. The van der Waals surface area contributed by atoms with Crippen LogP contribution in [0, 0.1) is 0 Å². The van der Waals surface area contributed by atoms with Crippen LogP contribution in [-0.2, 0) is 22.4 Å². The molecule has 0 saturated carbocycles. The van der Waals surface area contributed by atoms with Crippen LogP contribution in [-0.4, -0.2) is 25.9 Å². The van der Waals surface area contributed by atoms with E-state index < -0.39 is 0 Å². The molecule has 88 valence electrons. The van der Waals surface area contributed by atoms with Crippen molar-refractivity contribution in [3.63, 3.8) is 0 Å². The number of rotatable bonds is 4. The Kier molecular flexibility index (Phi) is 4.31. The van der Waals surface area contributed by atoms with Gasteiger partial charge >= 0.3 is 0 Å². The van der Waals surface area contributed by atoms with Gasteiger partial charge in [-0.3, -0.25) is 0 Å². The molecule has 0 radical (unpaired) electrons. The Morgan fingerprint density at radius 2 is 2.31 bits per heavy atom. The predicted molar refractivity (Wildman–Crippen MR) is 61.2 cm³/mol. The number of ether oxygens (including phenoxy) is 2. The Balaban J connectivity index is 1.88. The molecular formula is C13H20NO2+. The van der Waals surface area contributed by atoms with Crippen LogP contribution in [0.25, 0.3) is 0 Å². The monoisotopic (exact) mass is 222 g/mol. The molecule has 0 N–H and O–H groups in total. The Morgan fingerprint density at radius 3 is 3.06 bits per heavy atom. The van der Waals surface area contributed by atoms with Crippen LogP contribution >= 0.6 is 0 Å². The first-order valence-electron chi connectivity index (χ1n) is 6.07. The second kappa shape index (κ2) is 5.97. The maximum Gasteiger partial charge on any atom is 0.181 e. The summed E-state index contributed by atoms with van der Waals surface area (Å²) in [5.74, 6) is 0. The molecular weight excluding hydrogens is 202 g/mol. The van der Waals surface area contributed by atoms with E-state index >= 15 is 0 Å². The molecule has 1 saturated heterocycles. The van der Waals surface area contributed by atoms with Crippen LogP contribution in [0.5, 0.6) is 0 Å². The van der Waals surface area contributed by atoms with Gasteiger partial charge in [0.25, 0.3) is 0 Å². The van der Waals surface area contributed by atoms with E-state index in [-0.39, 0.29) is 6.10 Å². The third-order valence-corrected chi connectivity index (χ3v) is 2.97. The van der Waals surface area contributed by atoms with Crippen LogP contribution in [0.2, 0.25) is 0 Å². The summed E-state index contributed by atoms with van der Waals surface area (Å²) in [4.78, 5) is 0. The predicted octanol–water partition coefficient (Wildman–Crippen LogP) is 1.34. The van der Waals surface area contributed by atoms with Crippen molar-refractivity contribution in [2.24, 2.45) is 0 Å². The SMILES string of the molecule is CCc1cccc[n+]1CCC1COCCO1. The second-order valence-electron chi connectivity index (χ2n) is 4.10. The molecule has 0 aliphatic carbocycles. The highest BCUT2D eigenvalue weighted by Crippen LogP contribution is 2.05. The molecule has 3 nitrogen and oxygen atoms in total. The van der Waals surface area contributed by atoms with Gasteiger partial charge in [0.2, 0.25) is 0 Å². The maximum absolute atomic E-state index is 5.63. The third-order valence-electron chi connectivity index (χ3n) is 2.97. The van der Waals surface area contributed by atoms with Crippen molar-refractivity contribution in [2.45, 2.75) is 32.4 Å². The molecule has 1 aliphatic heterocycles. The summed E-state index contributed by atoms with van der Waals surface area (Å²) in [6.45, 7) is 5.43. The lowest BCUT2D eigenvalue weighted by Gasteiger charge is -2.21. The molecule has 1 aromatic heterocycles. The zero-order valence-electron chi connectivity index (χ0n) is 9.89. The lowest BCUT2D eigenvalue weighted by atomic mass is 10.2. The molecule has 1 unspecified atom stereocenters. The van der Waals surface area contributed by atoms with Gasteiger partial charge in [0.05, 0.1) is 25.9 Å². The van der Waals surface area contributed by atoms with Crippen LogP contribution in [0.3, 0.4) is 0 Å². The molecule has 16 heavy (non-hydrogen) atoms. The quantitative estimate of drug-likeness (QED) is 0.717. The van der Waals surface area contributed by atoms with Gasteiger partial charge in [0, 0.05) is 25.0 Å². The Morgan fingerprint density at radius 1 is 1.38 bits per heavy atom. The molecule has 0 bridgehead atoms. The first-order chi connectivity index (χ1) is 7.90. The Labute approximate surface area is 97.0 Å². The first-order valence-corrected chi connectivity index (χ1v) is 6.07. The smallest absolute Gasteiger partial charge is 0.181 e. The van der Waals surface area contributed by atoms with Crippen molar-refractivity contribution < 1.29 is 14.0 Å². The molecule has 1 aliphatic rings. The average Bonchev–Trinajstić information content (AvgIpc) is 2.38. The summed E-state index contributed by atoms with van der Waals surface area (Å²) < 4.78 is 13.3. The van der Waals surface area contributed by atoms with Gasteiger partial charge in [-0.15, -0.1) is 0 Å². The number of hydrogen-bond donors (Lipinski definition) is 0. The summed E-state index contributed by atoms with van der Waals surface area (Å²) >= 11 is 0. The fourth-order valence-corrected chi connectivity index (χ4v) is 2.04. The molecule has 1 fully saturated rings. The van der Waals surface area contributed by atoms with Crippen molar-refractivity contribution in [1.82, 2.24) is 0 Å². The van der Waals surface area contributed by atoms with Gasteiger partial charge < -0.3 is 9.47 Å². The van der Waals surface area contributed by atoms with E-state index in [4.69, 9.17) is 9.47 Å². The van der Waals surface area contributed by atoms with Crippen molar-refractivity contribution in [2.75, 3.05) is 19.8 Å². The zero-order chi connectivity index (χ0) is 11.2. The number of nitrogens with zero attached hydrogens (tertiary/aromatic N) is 1. The van der Waals surface area contributed by atoms with E-state index in [1.54, 1.807) is 0 Å². The van der Waals surface area contributed by atoms with E-state index in [9.17, 15) is 0 Å². The second-order valence-corrected chi connectivity index (χ2v) is 4.10. The van der Waals surface area contributed by atoms with Gasteiger partial charge in [-0.2, -0.15) is 0 Å². The summed E-state index contributed by atoms with van der Waals surface area (Å²) in [5, 5.41) is 0. The lowest BCUT2D eigenvalue weighted by Crippen LogP contribution is -2.41. The number of aryl methyl sites for hydroxylation is 2. The minimum atomic E-state index is 0.270. The van der Waals surface area contributed by atoms with Gasteiger partial charge in [-0.1, -0.05) is 13.0 Å². The maximum atomic E-state index is 5.63. The summed E-state index contributed by atoms with van der Waals surface area (Å²) in [7, 11) is 0. The Hall–Kier alpha value is -0.930. The lowest BCUT2D eigenvalue weighted by molar-refractivity contribution is -0.705. The van der Waals surface area contributed by atoms with Crippen molar-refractivity contribution in [3.05, 3.63) is 30.1 Å². The molecule has 0 spiro atoms. The highest BCUT2D eigenvalue weighted by molar-refractivity contribution is 4.96. The number of hydrogen-bond acceptors (Lipinski definition) is 2. The number of pyridine rings is 1. The van der Waals surface area contributed by atoms with E-state index in [1.165, 1.54) is 5.69 Å². The Bertz CT molecular complexity index is 321. The number of aromatic nitrogens is 1. The van der Waals surface area contributed by atoms with Crippen molar-refractivity contribution in [1.29, 1.82) is 0 Å². The van der Waals surface area contributed by atoms with Crippen LogP contribution in [0.1, 0.15) is 19.0 Å². The largest absolute Gasteiger partial charge is 0.376 e. The van der Waals surface area contributed by atoms with E-state index in [1.807, 2.05) is 0 Å². The highest BCUT2D eigenvalue weighted by Gasteiger charge is 2.17. The zero-order valence-corrected chi connectivity index (χ0v) is 9.89. The minimum Gasteiger partial charge on any atom is -0.376 e. The van der Waals surface area contributed by atoms with E-state index in [0.29, 0.717) is 0 Å². The first kappa shape index (κ1) is 11.6. The molecule has 0 amide bonds. The minimum absolute atomic E-state index is 0.270. The van der Waals surface area contributed by atoms with Crippen LogP contribution < -0.4 is 4.57 Å². The summed E-state index contributed by atoms with van der Waals surface area (Å²) in [6.07, 6.45) is 4.51. The van der Waals surface area contributed by atoms with Crippen molar-refractivity contribution in [3.8, 4) is 0 Å².